The minimum absolute atomic E-state index is 0.0134. The largest absolute Gasteiger partial charge is 0.381 e. The molecule has 0 bridgehead atoms. The standard InChI is InChI=1S/C15H21N3O5/c1-2-3-10-23-11-6-9-16-14(19)15(20)17-12-7-4-5-8-13(12)18(21)22/h4-5,7-8H,2-3,6,9-11H2,1H3,(H,16,19)(H,17,20). The Balaban J connectivity index is 2.35. The van der Waals surface area contributed by atoms with Gasteiger partial charge in [0.1, 0.15) is 5.69 Å². The molecule has 2 N–H and O–H groups in total. The first-order valence-corrected chi connectivity index (χ1v) is 7.46. The molecule has 0 aliphatic rings. The van der Waals surface area contributed by atoms with Crippen LogP contribution in [0.15, 0.2) is 24.3 Å². The summed E-state index contributed by atoms with van der Waals surface area (Å²) in [4.78, 5) is 33.6. The predicted octanol–water partition coefficient (Wildman–Crippen LogP) is 1.86. The Morgan fingerprint density at radius 2 is 1.87 bits per heavy atom. The Morgan fingerprint density at radius 1 is 1.17 bits per heavy atom. The van der Waals surface area contributed by atoms with Crippen molar-refractivity contribution in [1.29, 1.82) is 0 Å². The number of nitro groups is 1. The Kier molecular flexibility index (Phi) is 8.30. The number of unbranched alkanes of at least 4 members (excludes halogenated alkanes) is 1. The maximum Gasteiger partial charge on any atom is 0.313 e. The van der Waals surface area contributed by atoms with Gasteiger partial charge < -0.3 is 15.4 Å². The number of ether oxygens (including phenoxy) is 1. The molecule has 1 aromatic carbocycles. The van der Waals surface area contributed by atoms with Crippen molar-refractivity contribution >= 4 is 23.2 Å². The molecule has 0 fully saturated rings. The molecule has 0 aliphatic heterocycles. The summed E-state index contributed by atoms with van der Waals surface area (Å²) in [6, 6.07) is 5.63. The lowest BCUT2D eigenvalue weighted by atomic mass is 10.2. The van der Waals surface area contributed by atoms with Crippen molar-refractivity contribution in [3.05, 3.63) is 34.4 Å². The molecular weight excluding hydrogens is 302 g/mol. The minimum atomic E-state index is -0.939. The average Bonchev–Trinajstić information content (AvgIpc) is 2.54. The normalized spacial score (nSPS) is 10.1. The molecule has 0 heterocycles. The number of hydrogen-bond acceptors (Lipinski definition) is 5. The van der Waals surface area contributed by atoms with E-state index in [4.69, 9.17) is 4.74 Å². The highest BCUT2D eigenvalue weighted by Gasteiger charge is 2.18. The third kappa shape index (κ3) is 6.88. The molecule has 0 saturated heterocycles. The predicted molar refractivity (Wildman–Crippen MR) is 85.1 cm³/mol. The van der Waals surface area contributed by atoms with Gasteiger partial charge in [-0.15, -0.1) is 0 Å². The molecule has 0 saturated carbocycles. The zero-order valence-electron chi connectivity index (χ0n) is 13.0. The van der Waals surface area contributed by atoms with E-state index in [2.05, 4.69) is 17.6 Å². The number of nitrogens with one attached hydrogen (secondary N) is 2. The molecule has 1 aromatic rings. The molecule has 0 spiro atoms. The van der Waals surface area contributed by atoms with Gasteiger partial charge in [0.2, 0.25) is 0 Å². The average molecular weight is 323 g/mol. The lowest BCUT2D eigenvalue weighted by Crippen LogP contribution is -2.36. The molecule has 8 nitrogen and oxygen atoms in total. The number of carbonyl (C=O) groups is 2. The summed E-state index contributed by atoms with van der Waals surface area (Å²) in [7, 11) is 0. The van der Waals surface area contributed by atoms with E-state index in [1.54, 1.807) is 0 Å². The van der Waals surface area contributed by atoms with Crippen LogP contribution in [0.5, 0.6) is 0 Å². The molecule has 0 radical (unpaired) electrons. The number of carbonyl (C=O) groups excluding carboxylic acids is 2. The van der Waals surface area contributed by atoms with Crippen LogP contribution in [0.1, 0.15) is 26.2 Å². The highest BCUT2D eigenvalue weighted by Crippen LogP contribution is 2.22. The summed E-state index contributed by atoms with van der Waals surface area (Å²) in [5.41, 5.74) is -0.279. The second-order valence-corrected chi connectivity index (χ2v) is 4.80. The summed E-state index contributed by atoms with van der Waals surface area (Å²) in [5, 5.41) is 15.5. The molecule has 1 rings (SSSR count). The van der Waals surface area contributed by atoms with Gasteiger partial charge in [0.25, 0.3) is 5.69 Å². The van der Waals surface area contributed by atoms with E-state index in [1.807, 2.05) is 0 Å². The van der Waals surface area contributed by atoms with E-state index in [-0.39, 0.29) is 11.4 Å². The third-order valence-corrected chi connectivity index (χ3v) is 2.95. The van der Waals surface area contributed by atoms with Crippen molar-refractivity contribution < 1.29 is 19.2 Å². The summed E-state index contributed by atoms with van der Waals surface area (Å²) in [6.45, 7) is 3.56. The maximum absolute atomic E-state index is 11.7. The summed E-state index contributed by atoms with van der Waals surface area (Å²) in [5.74, 6) is -1.78. The molecule has 0 unspecified atom stereocenters. The van der Waals surface area contributed by atoms with Crippen LogP contribution in [0.3, 0.4) is 0 Å². The van der Waals surface area contributed by atoms with Crippen molar-refractivity contribution in [3.8, 4) is 0 Å². The van der Waals surface area contributed by atoms with Crippen LogP contribution in [-0.4, -0.2) is 36.5 Å². The fourth-order valence-corrected chi connectivity index (χ4v) is 1.72. The molecule has 126 valence electrons. The fourth-order valence-electron chi connectivity index (χ4n) is 1.72. The lowest BCUT2D eigenvalue weighted by molar-refractivity contribution is -0.383. The smallest absolute Gasteiger partial charge is 0.313 e. The first-order valence-electron chi connectivity index (χ1n) is 7.46. The van der Waals surface area contributed by atoms with E-state index in [0.717, 1.165) is 12.8 Å². The molecule has 0 aromatic heterocycles. The Hall–Kier alpha value is -2.48. The summed E-state index contributed by atoms with van der Waals surface area (Å²) >= 11 is 0. The van der Waals surface area contributed by atoms with E-state index in [0.29, 0.717) is 26.2 Å². The van der Waals surface area contributed by atoms with E-state index in [9.17, 15) is 19.7 Å². The van der Waals surface area contributed by atoms with E-state index < -0.39 is 16.7 Å². The van der Waals surface area contributed by atoms with Gasteiger partial charge in [-0.1, -0.05) is 25.5 Å². The van der Waals surface area contributed by atoms with Gasteiger partial charge in [0, 0.05) is 25.8 Å². The highest BCUT2D eigenvalue weighted by molar-refractivity contribution is 6.39. The lowest BCUT2D eigenvalue weighted by Gasteiger charge is -2.07. The first-order chi connectivity index (χ1) is 11.1. The zero-order valence-corrected chi connectivity index (χ0v) is 13.0. The topological polar surface area (TPSA) is 111 Å². The van der Waals surface area contributed by atoms with Crippen LogP contribution in [0.25, 0.3) is 0 Å². The molecule has 0 aliphatic carbocycles. The maximum atomic E-state index is 11.7. The number of rotatable bonds is 9. The van der Waals surface area contributed by atoms with Crippen LogP contribution < -0.4 is 10.6 Å². The Morgan fingerprint density at radius 3 is 2.57 bits per heavy atom. The summed E-state index contributed by atoms with van der Waals surface area (Å²) in [6.07, 6.45) is 2.64. The van der Waals surface area contributed by atoms with Gasteiger partial charge in [-0.3, -0.25) is 19.7 Å². The van der Waals surface area contributed by atoms with Crippen molar-refractivity contribution in [2.45, 2.75) is 26.2 Å². The van der Waals surface area contributed by atoms with Crippen molar-refractivity contribution in [2.75, 3.05) is 25.1 Å². The number of benzene rings is 1. The SMILES string of the molecule is CCCCOCCCNC(=O)C(=O)Nc1ccccc1[N+](=O)[O-]. The van der Waals surface area contributed by atoms with Crippen molar-refractivity contribution in [1.82, 2.24) is 5.32 Å². The molecular formula is C15H21N3O5. The monoisotopic (exact) mass is 323 g/mol. The number of hydrogen-bond donors (Lipinski definition) is 2. The number of nitrogens with zero attached hydrogens (tertiary/aromatic N) is 1. The number of anilines is 1. The zero-order chi connectivity index (χ0) is 17.1. The quantitative estimate of drug-likeness (QED) is 0.312. The van der Waals surface area contributed by atoms with Crippen LogP contribution in [0.2, 0.25) is 0 Å². The van der Waals surface area contributed by atoms with Gasteiger partial charge in [-0.2, -0.15) is 0 Å². The van der Waals surface area contributed by atoms with Crippen molar-refractivity contribution in [3.63, 3.8) is 0 Å². The van der Waals surface area contributed by atoms with Gasteiger partial charge in [-0.05, 0) is 18.9 Å². The fraction of sp³-hybridized carbons (Fsp3) is 0.467. The molecule has 8 heteroatoms. The molecule has 23 heavy (non-hydrogen) atoms. The van der Waals surface area contributed by atoms with Gasteiger partial charge >= 0.3 is 11.8 Å². The number of para-hydroxylation sites is 2. The first kappa shape index (κ1) is 18.6. The third-order valence-electron chi connectivity index (χ3n) is 2.95. The van der Waals surface area contributed by atoms with Crippen LogP contribution in [0.4, 0.5) is 11.4 Å². The number of nitro benzene ring substituents is 1. The van der Waals surface area contributed by atoms with Gasteiger partial charge in [0.15, 0.2) is 0 Å². The second-order valence-electron chi connectivity index (χ2n) is 4.80. The summed E-state index contributed by atoms with van der Waals surface area (Å²) < 4.78 is 5.33. The Labute approximate surface area is 134 Å². The highest BCUT2D eigenvalue weighted by atomic mass is 16.6. The van der Waals surface area contributed by atoms with Crippen molar-refractivity contribution in [2.24, 2.45) is 0 Å². The van der Waals surface area contributed by atoms with Crippen LogP contribution in [0, 0.1) is 10.1 Å². The van der Waals surface area contributed by atoms with E-state index >= 15 is 0 Å². The van der Waals surface area contributed by atoms with E-state index in [1.165, 1.54) is 24.3 Å². The number of amides is 2. The second kappa shape index (κ2) is 10.3. The van der Waals surface area contributed by atoms with Crippen LogP contribution in [-0.2, 0) is 14.3 Å². The van der Waals surface area contributed by atoms with Crippen LogP contribution >= 0.6 is 0 Å². The molecule has 0 atom stereocenters. The minimum Gasteiger partial charge on any atom is -0.381 e. The van der Waals surface area contributed by atoms with Gasteiger partial charge in [-0.25, -0.2) is 0 Å². The van der Waals surface area contributed by atoms with Gasteiger partial charge in [0.05, 0.1) is 4.92 Å². The Bertz CT molecular complexity index is 548. The molecule has 2 amide bonds.